The number of nitro benzene ring substituents is 1. The van der Waals surface area contributed by atoms with E-state index in [0.717, 1.165) is 12.1 Å². The van der Waals surface area contributed by atoms with Gasteiger partial charge in [-0.15, -0.1) is 0 Å². The maximum Gasteiger partial charge on any atom is 0.289 e. The maximum atomic E-state index is 12.0. The van der Waals surface area contributed by atoms with Gasteiger partial charge in [-0.3, -0.25) is 10.1 Å². The highest BCUT2D eigenvalue weighted by molar-refractivity contribution is 7.89. The number of hydrogen-bond donors (Lipinski definition) is 2. The average molecular weight is 290 g/mol. The lowest BCUT2D eigenvalue weighted by molar-refractivity contribution is -0.387. The van der Waals surface area contributed by atoms with Crippen LogP contribution in [0.1, 0.15) is 0 Å². The van der Waals surface area contributed by atoms with Gasteiger partial charge < -0.3 is 9.84 Å². The van der Waals surface area contributed by atoms with Gasteiger partial charge in [0.1, 0.15) is 0 Å². The predicted molar refractivity (Wildman–Crippen MR) is 66.2 cm³/mol. The van der Waals surface area contributed by atoms with Crippen LogP contribution in [0.15, 0.2) is 29.2 Å². The molecule has 19 heavy (non-hydrogen) atoms. The van der Waals surface area contributed by atoms with Crippen LogP contribution in [0.4, 0.5) is 5.69 Å². The number of sulfonamides is 1. The monoisotopic (exact) mass is 290 g/mol. The SMILES string of the molecule is COCC(CO)NS(=O)(=O)c1ccccc1[N+](=O)[O-]. The summed E-state index contributed by atoms with van der Waals surface area (Å²) >= 11 is 0. The molecule has 106 valence electrons. The zero-order valence-corrected chi connectivity index (χ0v) is 11.0. The Balaban J connectivity index is 3.10. The van der Waals surface area contributed by atoms with Gasteiger partial charge in [0.25, 0.3) is 5.69 Å². The molecule has 0 saturated heterocycles. The minimum absolute atomic E-state index is 0.0453. The van der Waals surface area contributed by atoms with Crippen molar-refractivity contribution in [1.82, 2.24) is 4.72 Å². The van der Waals surface area contributed by atoms with Crippen LogP contribution in [-0.2, 0) is 14.8 Å². The molecule has 0 bridgehead atoms. The Labute approximate surface area is 110 Å². The van der Waals surface area contributed by atoms with Crippen LogP contribution in [0, 0.1) is 10.1 Å². The van der Waals surface area contributed by atoms with Gasteiger partial charge in [-0.2, -0.15) is 0 Å². The zero-order valence-electron chi connectivity index (χ0n) is 10.1. The van der Waals surface area contributed by atoms with Gasteiger partial charge in [0.2, 0.25) is 10.0 Å². The molecule has 1 unspecified atom stereocenters. The van der Waals surface area contributed by atoms with Gasteiger partial charge in [-0.25, -0.2) is 13.1 Å². The summed E-state index contributed by atoms with van der Waals surface area (Å²) in [5, 5.41) is 19.8. The van der Waals surface area contributed by atoms with Crippen molar-refractivity contribution in [2.24, 2.45) is 0 Å². The maximum absolute atomic E-state index is 12.0. The molecule has 9 heteroatoms. The topological polar surface area (TPSA) is 119 Å². The first kappa shape index (κ1) is 15.5. The molecule has 0 fully saturated rings. The Kier molecular flexibility index (Phi) is 5.36. The standard InChI is InChI=1S/C10H14N2O6S/c1-18-7-8(6-13)11-19(16,17)10-5-3-2-4-9(10)12(14)15/h2-5,8,11,13H,6-7H2,1H3. The number of aliphatic hydroxyl groups excluding tert-OH is 1. The summed E-state index contributed by atoms with van der Waals surface area (Å²) in [6.07, 6.45) is 0. The van der Waals surface area contributed by atoms with E-state index in [0.29, 0.717) is 0 Å². The van der Waals surface area contributed by atoms with E-state index in [-0.39, 0.29) is 6.61 Å². The fourth-order valence-electron chi connectivity index (χ4n) is 1.44. The van der Waals surface area contributed by atoms with E-state index in [2.05, 4.69) is 4.72 Å². The number of benzene rings is 1. The summed E-state index contributed by atoms with van der Waals surface area (Å²) < 4.78 is 30.9. The minimum Gasteiger partial charge on any atom is -0.395 e. The van der Waals surface area contributed by atoms with Crippen LogP contribution < -0.4 is 4.72 Å². The Bertz CT molecular complexity index is 545. The highest BCUT2D eigenvalue weighted by Crippen LogP contribution is 2.22. The number of nitro groups is 1. The Morgan fingerprint density at radius 3 is 2.63 bits per heavy atom. The van der Waals surface area contributed by atoms with Crippen LogP contribution >= 0.6 is 0 Å². The first-order valence-electron chi connectivity index (χ1n) is 5.28. The van der Waals surface area contributed by atoms with Crippen molar-refractivity contribution in [2.75, 3.05) is 20.3 Å². The van der Waals surface area contributed by atoms with Crippen LogP contribution in [0.2, 0.25) is 0 Å². The number of aliphatic hydroxyl groups is 1. The third kappa shape index (κ3) is 3.96. The Hall–Kier alpha value is -1.55. The molecule has 0 aliphatic carbocycles. The zero-order chi connectivity index (χ0) is 14.5. The first-order valence-corrected chi connectivity index (χ1v) is 6.76. The normalized spacial score (nSPS) is 13.2. The summed E-state index contributed by atoms with van der Waals surface area (Å²) in [5.41, 5.74) is -0.524. The van der Waals surface area contributed by atoms with Crippen molar-refractivity contribution >= 4 is 15.7 Å². The van der Waals surface area contributed by atoms with E-state index in [1.54, 1.807) is 0 Å². The van der Waals surface area contributed by atoms with Gasteiger partial charge >= 0.3 is 0 Å². The van der Waals surface area contributed by atoms with E-state index in [1.807, 2.05) is 0 Å². The van der Waals surface area contributed by atoms with Crippen LogP contribution in [0.3, 0.4) is 0 Å². The summed E-state index contributed by atoms with van der Waals surface area (Å²) in [5.74, 6) is 0. The lowest BCUT2D eigenvalue weighted by Crippen LogP contribution is -2.40. The summed E-state index contributed by atoms with van der Waals surface area (Å²) in [7, 11) is -2.75. The third-order valence-corrected chi connectivity index (χ3v) is 3.83. The van der Waals surface area contributed by atoms with E-state index in [9.17, 15) is 18.5 Å². The molecule has 1 aromatic carbocycles. The van der Waals surface area contributed by atoms with Gasteiger partial charge in [-0.05, 0) is 6.07 Å². The minimum atomic E-state index is -4.10. The molecule has 0 aliphatic heterocycles. The summed E-state index contributed by atoms with van der Waals surface area (Å²) in [6.45, 7) is -0.524. The largest absolute Gasteiger partial charge is 0.395 e. The van der Waals surface area contributed by atoms with Crippen molar-refractivity contribution in [3.8, 4) is 0 Å². The summed E-state index contributed by atoms with van der Waals surface area (Å²) in [4.78, 5) is 9.56. The molecular formula is C10H14N2O6S. The molecule has 1 rings (SSSR count). The molecule has 1 aromatic rings. The molecule has 2 N–H and O–H groups in total. The van der Waals surface area contributed by atoms with Gasteiger partial charge in [0.15, 0.2) is 4.90 Å². The van der Waals surface area contributed by atoms with Gasteiger partial charge in [0, 0.05) is 13.2 Å². The molecule has 0 radical (unpaired) electrons. The second kappa shape index (κ2) is 6.57. The van der Waals surface area contributed by atoms with Crippen LogP contribution in [0.25, 0.3) is 0 Å². The number of ether oxygens (including phenoxy) is 1. The molecule has 0 amide bonds. The van der Waals surface area contributed by atoms with E-state index in [1.165, 1.54) is 19.2 Å². The van der Waals surface area contributed by atoms with E-state index < -0.39 is 38.2 Å². The second-order valence-electron chi connectivity index (χ2n) is 3.68. The molecule has 0 heterocycles. The molecule has 1 atom stereocenters. The molecular weight excluding hydrogens is 276 g/mol. The number of nitrogens with one attached hydrogen (secondary N) is 1. The lowest BCUT2D eigenvalue weighted by atomic mass is 10.3. The highest BCUT2D eigenvalue weighted by atomic mass is 32.2. The fraction of sp³-hybridized carbons (Fsp3) is 0.400. The molecule has 0 aromatic heterocycles. The average Bonchev–Trinajstić information content (AvgIpc) is 2.38. The molecule has 0 spiro atoms. The predicted octanol–water partition coefficient (Wildman–Crippen LogP) is -0.120. The van der Waals surface area contributed by atoms with E-state index in [4.69, 9.17) is 9.84 Å². The molecule has 8 nitrogen and oxygen atoms in total. The van der Waals surface area contributed by atoms with Gasteiger partial charge in [-0.1, -0.05) is 12.1 Å². The van der Waals surface area contributed by atoms with Crippen molar-refractivity contribution < 1.29 is 23.2 Å². The number of hydrogen-bond acceptors (Lipinski definition) is 6. The number of nitrogens with zero attached hydrogens (tertiary/aromatic N) is 1. The molecule has 0 saturated carbocycles. The Morgan fingerprint density at radius 1 is 1.47 bits per heavy atom. The van der Waals surface area contributed by atoms with Crippen molar-refractivity contribution in [3.05, 3.63) is 34.4 Å². The number of rotatable bonds is 7. The van der Waals surface area contributed by atoms with E-state index >= 15 is 0 Å². The number of para-hydroxylation sites is 1. The first-order chi connectivity index (χ1) is 8.92. The lowest BCUT2D eigenvalue weighted by Gasteiger charge is -2.15. The Morgan fingerprint density at radius 2 is 2.11 bits per heavy atom. The fourth-order valence-corrected chi connectivity index (χ4v) is 2.83. The smallest absolute Gasteiger partial charge is 0.289 e. The third-order valence-electron chi connectivity index (χ3n) is 2.26. The van der Waals surface area contributed by atoms with Crippen molar-refractivity contribution in [3.63, 3.8) is 0 Å². The van der Waals surface area contributed by atoms with Crippen molar-refractivity contribution in [1.29, 1.82) is 0 Å². The molecule has 0 aliphatic rings. The van der Waals surface area contributed by atoms with Crippen molar-refractivity contribution in [2.45, 2.75) is 10.9 Å². The number of methoxy groups -OCH3 is 1. The summed E-state index contributed by atoms with van der Waals surface area (Å²) in [6, 6.07) is 4.11. The van der Waals surface area contributed by atoms with Crippen LogP contribution in [-0.4, -0.2) is 44.8 Å². The highest BCUT2D eigenvalue weighted by Gasteiger charge is 2.27. The quantitative estimate of drug-likeness (QED) is 0.534. The van der Waals surface area contributed by atoms with Crippen LogP contribution in [0.5, 0.6) is 0 Å². The van der Waals surface area contributed by atoms with Gasteiger partial charge in [0.05, 0.1) is 24.2 Å². The second-order valence-corrected chi connectivity index (χ2v) is 5.36.